The highest BCUT2D eigenvalue weighted by molar-refractivity contribution is 9.10. The number of ether oxygens (including phenoxy) is 1. The molecule has 18 heavy (non-hydrogen) atoms. The molecule has 0 saturated carbocycles. The van der Waals surface area contributed by atoms with Crippen molar-refractivity contribution in [3.8, 4) is 5.75 Å². The molecule has 0 aliphatic heterocycles. The van der Waals surface area contributed by atoms with Gasteiger partial charge in [-0.3, -0.25) is 0 Å². The lowest BCUT2D eigenvalue weighted by molar-refractivity contribution is 0.414. The molecule has 0 aliphatic rings. The first-order chi connectivity index (χ1) is 8.63. The molecular weight excluding hydrogens is 290 g/mol. The summed E-state index contributed by atoms with van der Waals surface area (Å²) >= 11 is 3.59. The maximum atomic E-state index is 5.25. The van der Waals surface area contributed by atoms with Crippen molar-refractivity contribution in [2.75, 3.05) is 20.2 Å². The number of methoxy groups -OCH3 is 1. The number of halogens is 1. The molecule has 1 N–H and O–H groups in total. The van der Waals surface area contributed by atoms with Gasteiger partial charge >= 0.3 is 0 Å². The molecule has 0 heterocycles. The summed E-state index contributed by atoms with van der Waals surface area (Å²) in [4.78, 5) is 0. The highest BCUT2D eigenvalue weighted by Crippen LogP contribution is 2.23. The predicted molar refractivity (Wildman–Crippen MR) is 81.3 cm³/mol. The summed E-state index contributed by atoms with van der Waals surface area (Å²) in [5.74, 6) is 1.67. The van der Waals surface area contributed by atoms with Gasteiger partial charge in [-0.2, -0.15) is 0 Å². The van der Waals surface area contributed by atoms with Gasteiger partial charge in [0.1, 0.15) is 5.75 Å². The minimum absolute atomic E-state index is 0.734. The smallest absolute Gasteiger partial charge is 0.119 e. The largest absolute Gasteiger partial charge is 0.497 e. The van der Waals surface area contributed by atoms with E-state index >= 15 is 0 Å². The van der Waals surface area contributed by atoms with Gasteiger partial charge in [-0.05, 0) is 62.0 Å². The molecule has 0 aliphatic carbocycles. The first-order valence-corrected chi connectivity index (χ1v) is 7.46. The maximum absolute atomic E-state index is 5.25. The predicted octanol–water partition coefficient (Wildman–Crippen LogP) is 4.03. The molecule has 3 heteroatoms. The standard InChI is InChI=1S/C15H24BrNO/c1-12(2)11-17-9-5-4-6-13-10-14(18-3)7-8-15(13)16/h7-8,10,12,17H,4-6,9,11H2,1-3H3. The number of benzene rings is 1. The van der Waals surface area contributed by atoms with E-state index in [1.165, 1.54) is 22.9 Å². The van der Waals surface area contributed by atoms with E-state index in [2.05, 4.69) is 47.2 Å². The average Bonchev–Trinajstić information content (AvgIpc) is 2.35. The van der Waals surface area contributed by atoms with E-state index in [0.29, 0.717) is 0 Å². The third kappa shape index (κ3) is 5.87. The summed E-state index contributed by atoms with van der Waals surface area (Å²) in [5.41, 5.74) is 1.33. The van der Waals surface area contributed by atoms with Gasteiger partial charge in [0.25, 0.3) is 0 Å². The Bertz CT molecular complexity index is 352. The number of unbranched alkanes of at least 4 members (excludes halogenated alkanes) is 1. The zero-order valence-electron chi connectivity index (χ0n) is 11.6. The molecule has 2 nitrogen and oxygen atoms in total. The normalized spacial score (nSPS) is 10.9. The Labute approximate surface area is 119 Å². The van der Waals surface area contributed by atoms with Crippen LogP contribution < -0.4 is 10.1 Å². The average molecular weight is 314 g/mol. The zero-order chi connectivity index (χ0) is 13.4. The van der Waals surface area contributed by atoms with Crippen molar-refractivity contribution < 1.29 is 4.74 Å². The second kappa shape index (κ2) is 8.54. The summed E-state index contributed by atoms with van der Waals surface area (Å²) in [5, 5.41) is 3.47. The molecule has 0 spiro atoms. The first-order valence-electron chi connectivity index (χ1n) is 6.66. The number of hydrogen-bond donors (Lipinski definition) is 1. The van der Waals surface area contributed by atoms with Crippen LogP contribution in [0.4, 0.5) is 0 Å². The van der Waals surface area contributed by atoms with Gasteiger partial charge in [0.15, 0.2) is 0 Å². The van der Waals surface area contributed by atoms with E-state index in [1.807, 2.05) is 6.07 Å². The highest BCUT2D eigenvalue weighted by Gasteiger charge is 2.02. The minimum atomic E-state index is 0.734. The van der Waals surface area contributed by atoms with Gasteiger partial charge in [0.05, 0.1) is 7.11 Å². The third-order valence-corrected chi connectivity index (χ3v) is 3.63. The van der Waals surface area contributed by atoms with E-state index < -0.39 is 0 Å². The summed E-state index contributed by atoms with van der Waals surface area (Å²) in [7, 11) is 1.71. The summed E-state index contributed by atoms with van der Waals surface area (Å²) in [6.45, 7) is 6.70. The van der Waals surface area contributed by atoms with Crippen molar-refractivity contribution in [1.29, 1.82) is 0 Å². The van der Waals surface area contributed by atoms with E-state index in [0.717, 1.165) is 31.2 Å². The molecule has 0 amide bonds. The maximum Gasteiger partial charge on any atom is 0.119 e. The molecule has 0 aromatic heterocycles. The van der Waals surface area contributed by atoms with Gasteiger partial charge in [0.2, 0.25) is 0 Å². The van der Waals surface area contributed by atoms with Crippen molar-refractivity contribution in [2.24, 2.45) is 5.92 Å². The van der Waals surface area contributed by atoms with Crippen LogP contribution in [0, 0.1) is 5.92 Å². The lowest BCUT2D eigenvalue weighted by Gasteiger charge is -2.09. The molecule has 1 aromatic carbocycles. The van der Waals surface area contributed by atoms with Crippen molar-refractivity contribution in [3.05, 3.63) is 28.2 Å². The van der Waals surface area contributed by atoms with Crippen LogP contribution in [0.2, 0.25) is 0 Å². The van der Waals surface area contributed by atoms with Crippen LogP contribution in [-0.2, 0) is 6.42 Å². The Hall–Kier alpha value is -0.540. The topological polar surface area (TPSA) is 21.3 Å². The van der Waals surface area contributed by atoms with Crippen LogP contribution in [0.1, 0.15) is 32.3 Å². The number of nitrogens with one attached hydrogen (secondary N) is 1. The molecular formula is C15H24BrNO. The Morgan fingerprint density at radius 3 is 2.72 bits per heavy atom. The minimum Gasteiger partial charge on any atom is -0.497 e. The quantitative estimate of drug-likeness (QED) is 0.732. The Morgan fingerprint density at radius 2 is 2.06 bits per heavy atom. The first kappa shape index (κ1) is 15.5. The Balaban J connectivity index is 2.26. The molecule has 0 bridgehead atoms. The zero-order valence-corrected chi connectivity index (χ0v) is 13.2. The molecule has 1 rings (SSSR count). The highest BCUT2D eigenvalue weighted by atomic mass is 79.9. The molecule has 1 aromatic rings. The van der Waals surface area contributed by atoms with Crippen LogP contribution in [0.3, 0.4) is 0 Å². The SMILES string of the molecule is COc1ccc(Br)c(CCCCNCC(C)C)c1. The number of rotatable bonds is 8. The van der Waals surface area contributed by atoms with Crippen LogP contribution >= 0.6 is 15.9 Å². The molecule has 0 fully saturated rings. The lowest BCUT2D eigenvalue weighted by atomic mass is 10.1. The fraction of sp³-hybridized carbons (Fsp3) is 0.600. The third-order valence-electron chi connectivity index (χ3n) is 2.86. The van der Waals surface area contributed by atoms with E-state index in [4.69, 9.17) is 4.74 Å². The number of hydrogen-bond acceptors (Lipinski definition) is 2. The fourth-order valence-corrected chi connectivity index (χ4v) is 2.27. The van der Waals surface area contributed by atoms with Crippen molar-refractivity contribution in [3.63, 3.8) is 0 Å². The monoisotopic (exact) mass is 313 g/mol. The summed E-state index contributed by atoms with van der Waals surface area (Å²) < 4.78 is 6.43. The van der Waals surface area contributed by atoms with Crippen molar-refractivity contribution in [1.82, 2.24) is 5.32 Å². The second-order valence-corrected chi connectivity index (χ2v) is 5.87. The lowest BCUT2D eigenvalue weighted by Crippen LogP contribution is -2.20. The van der Waals surface area contributed by atoms with Crippen molar-refractivity contribution >= 4 is 15.9 Å². The molecule has 0 saturated heterocycles. The van der Waals surface area contributed by atoms with Gasteiger partial charge in [-0.1, -0.05) is 29.8 Å². The summed E-state index contributed by atoms with van der Waals surface area (Å²) in [6, 6.07) is 6.16. The summed E-state index contributed by atoms with van der Waals surface area (Å²) in [6.07, 6.45) is 3.52. The molecule has 0 unspecified atom stereocenters. The number of aryl methyl sites for hydroxylation is 1. The van der Waals surface area contributed by atoms with Crippen LogP contribution in [0.5, 0.6) is 5.75 Å². The van der Waals surface area contributed by atoms with Crippen molar-refractivity contribution in [2.45, 2.75) is 33.1 Å². The molecule has 0 atom stereocenters. The second-order valence-electron chi connectivity index (χ2n) is 5.01. The van der Waals surface area contributed by atoms with Crippen LogP contribution in [0.15, 0.2) is 22.7 Å². The Morgan fingerprint density at radius 1 is 1.28 bits per heavy atom. The molecule has 102 valence electrons. The van der Waals surface area contributed by atoms with Crippen LogP contribution in [0.25, 0.3) is 0 Å². The van der Waals surface area contributed by atoms with Gasteiger partial charge < -0.3 is 10.1 Å². The van der Waals surface area contributed by atoms with E-state index in [-0.39, 0.29) is 0 Å². The van der Waals surface area contributed by atoms with Crippen LogP contribution in [-0.4, -0.2) is 20.2 Å². The van der Waals surface area contributed by atoms with Gasteiger partial charge in [0, 0.05) is 4.47 Å². The fourth-order valence-electron chi connectivity index (χ4n) is 1.83. The Kier molecular flexibility index (Phi) is 7.36. The van der Waals surface area contributed by atoms with E-state index in [9.17, 15) is 0 Å². The van der Waals surface area contributed by atoms with Gasteiger partial charge in [-0.25, -0.2) is 0 Å². The van der Waals surface area contributed by atoms with Gasteiger partial charge in [-0.15, -0.1) is 0 Å². The van der Waals surface area contributed by atoms with E-state index in [1.54, 1.807) is 7.11 Å². The molecule has 0 radical (unpaired) electrons.